The SMILES string of the molecule is COc1ccc2[nH]cc(CCN=C(NC(=O)Nc3ccc(Cl)cc3)Nc3nc(C)cc(C)n3)c2c1. The zero-order chi connectivity index (χ0) is 24.8. The lowest BCUT2D eigenvalue weighted by Gasteiger charge is -2.12. The summed E-state index contributed by atoms with van der Waals surface area (Å²) in [7, 11) is 1.64. The molecule has 10 heteroatoms. The smallest absolute Gasteiger partial charge is 0.326 e. The summed E-state index contributed by atoms with van der Waals surface area (Å²) in [5.41, 5.74) is 4.32. The Morgan fingerprint density at radius 1 is 1.06 bits per heavy atom. The second-order valence-corrected chi connectivity index (χ2v) is 8.33. The molecule has 0 unspecified atom stereocenters. The molecule has 0 aliphatic rings. The Balaban J connectivity index is 1.50. The number of hydrogen-bond donors (Lipinski definition) is 4. The first-order valence-electron chi connectivity index (χ1n) is 11.0. The normalized spacial score (nSPS) is 11.4. The summed E-state index contributed by atoms with van der Waals surface area (Å²) >= 11 is 5.92. The van der Waals surface area contributed by atoms with Crippen LogP contribution in [0.3, 0.4) is 0 Å². The maximum absolute atomic E-state index is 12.6. The molecule has 0 bridgehead atoms. The molecule has 4 N–H and O–H groups in total. The Labute approximate surface area is 208 Å². The fourth-order valence-corrected chi connectivity index (χ4v) is 3.71. The average molecular weight is 492 g/mol. The van der Waals surface area contributed by atoms with E-state index in [-0.39, 0.29) is 5.96 Å². The van der Waals surface area contributed by atoms with Crippen molar-refractivity contribution in [2.45, 2.75) is 20.3 Å². The van der Waals surface area contributed by atoms with E-state index < -0.39 is 6.03 Å². The van der Waals surface area contributed by atoms with Crippen molar-refractivity contribution in [3.8, 4) is 5.75 Å². The second kappa shape index (κ2) is 10.9. The summed E-state index contributed by atoms with van der Waals surface area (Å²) in [5, 5.41) is 10.2. The minimum absolute atomic E-state index is 0.235. The Hall–Kier alpha value is -4.11. The molecule has 9 nitrogen and oxygen atoms in total. The van der Waals surface area contributed by atoms with Crippen LogP contribution in [0.25, 0.3) is 10.9 Å². The van der Waals surface area contributed by atoms with E-state index in [1.807, 2.05) is 44.3 Å². The van der Waals surface area contributed by atoms with Gasteiger partial charge >= 0.3 is 6.03 Å². The third-order valence-corrected chi connectivity index (χ3v) is 5.42. The molecule has 4 rings (SSSR count). The largest absolute Gasteiger partial charge is 0.497 e. The van der Waals surface area contributed by atoms with E-state index in [2.05, 4.69) is 35.9 Å². The summed E-state index contributed by atoms with van der Waals surface area (Å²) < 4.78 is 5.35. The number of ether oxygens (including phenoxy) is 1. The number of halogens is 1. The number of guanidine groups is 1. The highest BCUT2D eigenvalue weighted by atomic mass is 35.5. The van der Waals surface area contributed by atoms with Gasteiger partial charge in [0.05, 0.1) is 7.11 Å². The second-order valence-electron chi connectivity index (χ2n) is 7.89. The van der Waals surface area contributed by atoms with Gasteiger partial charge in [0, 0.05) is 45.7 Å². The molecular weight excluding hydrogens is 466 g/mol. The number of aromatic amines is 1. The van der Waals surface area contributed by atoms with Crippen LogP contribution in [0.2, 0.25) is 5.02 Å². The van der Waals surface area contributed by atoms with E-state index in [1.165, 1.54) is 0 Å². The number of aliphatic imine (C=N–C) groups is 1. The van der Waals surface area contributed by atoms with Crippen LogP contribution in [0.5, 0.6) is 5.75 Å². The predicted octanol–water partition coefficient (Wildman–Crippen LogP) is 5.07. The number of urea groups is 1. The van der Waals surface area contributed by atoms with Crippen molar-refractivity contribution in [3.05, 3.63) is 76.7 Å². The monoisotopic (exact) mass is 491 g/mol. The van der Waals surface area contributed by atoms with Crippen molar-refractivity contribution in [2.75, 3.05) is 24.3 Å². The van der Waals surface area contributed by atoms with Gasteiger partial charge in [-0.15, -0.1) is 0 Å². The number of nitrogens with one attached hydrogen (secondary N) is 4. The summed E-state index contributed by atoms with van der Waals surface area (Å²) in [5.74, 6) is 1.38. The number of amides is 2. The topological polar surface area (TPSA) is 116 Å². The summed E-state index contributed by atoms with van der Waals surface area (Å²) in [4.78, 5) is 29.3. The van der Waals surface area contributed by atoms with Gasteiger partial charge in [0.25, 0.3) is 0 Å². The average Bonchev–Trinajstić information content (AvgIpc) is 3.22. The molecule has 2 aromatic heterocycles. The number of nitrogens with zero attached hydrogens (tertiary/aromatic N) is 3. The molecule has 35 heavy (non-hydrogen) atoms. The van der Waals surface area contributed by atoms with E-state index in [1.54, 1.807) is 31.4 Å². The Morgan fingerprint density at radius 3 is 2.51 bits per heavy atom. The van der Waals surface area contributed by atoms with Crippen LogP contribution in [0, 0.1) is 13.8 Å². The van der Waals surface area contributed by atoms with Gasteiger partial charge in [-0.3, -0.25) is 15.6 Å². The third kappa shape index (κ3) is 6.48. The maximum Gasteiger partial charge on any atom is 0.326 e. The van der Waals surface area contributed by atoms with Crippen molar-refractivity contribution < 1.29 is 9.53 Å². The van der Waals surface area contributed by atoms with E-state index in [4.69, 9.17) is 16.3 Å². The number of fused-ring (bicyclic) bond motifs is 1. The third-order valence-electron chi connectivity index (χ3n) is 5.17. The summed E-state index contributed by atoms with van der Waals surface area (Å²) in [6, 6.07) is 14.1. The van der Waals surface area contributed by atoms with Crippen LogP contribution in [-0.4, -0.2) is 40.6 Å². The van der Waals surface area contributed by atoms with Gasteiger partial charge in [-0.2, -0.15) is 0 Å². The molecule has 0 atom stereocenters. The van der Waals surface area contributed by atoms with Crippen molar-refractivity contribution in [1.29, 1.82) is 0 Å². The first-order valence-corrected chi connectivity index (χ1v) is 11.4. The van der Waals surface area contributed by atoms with Crippen LogP contribution >= 0.6 is 11.6 Å². The van der Waals surface area contributed by atoms with Crippen LogP contribution in [0.1, 0.15) is 17.0 Å². The Morgan fingerprint density at radius 2 is 1.80 bits per heavy atom. The van der Waals surface area contributed by atoms with Crippen molar-refractivity contribution in [1.82, 2.24) is 20.3 Å². The molecule has 2 heterocycles. The Bertz CT molecular complexity index is 1350. The molecule has 4 aromatic rings. The minimum Gasteiger partial charge on any atom is -0.497 e. The fraction of sp³-hybridized carbons (Fsp3) is 0.200. The number of methoxy groups -OCH3 is 1. The first-order chi connectivity index (χ1) is 16.9. The number of H-pyrrole nitrogens is 1. The van der Waals surface area contributed by atoms with Crippen LogP contribution in [0.15, 0.2) is 59.7 Å². The number of aryl methyl sites for hydroxylation is 2. The number of aromatic nitrogens is 3. The van der Waals surface area contributed by atoms with Crippen molar-refractivity contribution >= 4 is 46.1 Å². The van der Waals surface area contributed by atoms with Gasteiger partial charge in [0.2, 0.25) is 11.9 Å². The number of anilines is 2. The standard InChI is InChI=1S/C25H26ClN7O2/c1-15-12-16(2)30-24(29-15)32-23(33-25(34)31-19-6-4-18(26)5-7-19)27-11-10-17-14-28-22-9-8-20(35-3)13-21(17)22/h4-9,12-14,28H,10-11H2,1-3H3,(H3,27,29,30,31,32,33,34). The highest BCUT2D eigenvalue weighted by Crippen LogP contribution is 2.24. The highest BCUT2D eigenvalue weighted by Gasteiger charge is 2.10. The van der Waals surface area contributed by atoms with Gasteiger partial charge < -0.3 is 15.0 Å². The minimum atomic E-state index is -0.459. The zero-order valence-corrected chi connectivity index (χ0v) is 20.4. The quantitative estimate of drug-likeness (QED) is 0.222. The van der Waals surface area contributed by atoms with Gasteiger partial charge in [0.1, 0.15) is 5.75 Å². The maximum atomic E-state index is 12.6. The molecule has 2 aromatic carbocycles. The molecule has 2 amide bonds. The predicted molar refractivity (Wildman–Crippen MR) is 140 cm³/mol. The van der Waals surface area contributed by atoms with Gasteiger partial charge in [-0.25, -0.2) is 14.8 Å². The van der Waals surface area contributed by atoms with Crippen LogP contribution in [-0.2, 0) is 6.42 Å². The zero-order valence-electron chi connectivity index (χ0n) is 19.6. The van der Waals surface area contributed by atoms with Gasteiger partial charge in [-0.1, -0.05) is 11.6 Å². The number of rotatable bonds is 6. The van der Waals surface area contributed by atoms with Crippen molar-refractivity contribution in [3.63, 3.8) is 0 Å². The number of benzene rings is 2. The van der Waals surface area contributed by atoms with Gasteiger partial charge in [-0.05, 0) is 74.4 Å². The lowest BCUT2D eigenvalue weighted by Crippen LogP contribution is -2.39. The molecule has 180 valence electrons. The van der Waals surface area contributed by atoms with Crippen molar-refractivity contribution in [2.24, 2.45) is 4.99 Å². The van der Waals surface area contributed by atoms with E-state index >= 15 is 0 Å². The van der Waals surface area contributed by atoms with Crippen LogP contribution < -0.4 is 20.7 Å². The van der Waals surface area contributed by atoms with E-state index in [9.17, 15) is 4.79 Å². The first kappa shape index (κ1) is 24.0. The molecule has 0 saturated carbocycles. The molecule has 0 spiro atoms. The number of carbonyl (C=O) groups is 1. The fourth-order valence-electron chi connectivity index (χ4n) is 3.58. The lowest BCUT2D eigenvalue weighted by atomic mass is 10.1. The lowest BCUT2D eigenvalue weighted by molar-refractivity contribution is 0.256. The molecular formula is C25H26ClN7O2. The molecule has 0 aliphatic heterocycles. The number of carbonyl (C=O) groups excluding carboxylic acids is 1. The Kier molecular flexibility index (Phi) is 7.47. The molecule has 0 aliphatic carbocycles. The van der Waals surface area contributed by atoms with Gasteiger partial charge in [0.15, 0.2) is 0 Å². The summed E-state index contributed by atoms with van der Waals surface area (Å²) in [6.07, 6.45) is 2.60. The molecule has 0 radical (unpaired) electrons. The number of hydrogen-bond acceptors (Lipinski definition) is 5. The van der Waals surface area contributed by atoms with Crippen LogP contribution in [0.4, 0.5) is 16.4 Å². The van der Waals surface area contributed by atoms with E-state index in [0.29, 0.717) is 29.6 Å². The van der Waals surface area contributed by atoms with E-state index in [0.717, 1.165) is 33.6 Å². The summed E-state index contributed by atoms with van der Waals surface area (Å²) in [6.45, 7) is 4.17. The highest BCUT2D eigenvalue weighted by molar-refractivity contribution is 6.30. The molecule has 0 saturated heterocycles. The molecule has 0 fully saturated rings.